The zero-order valence-electron chi connectivity index (χ0n) is 8.45. The lowest BCUT2D eigenvalue weighted by Crippen LogP contribution is -2.14. The quantitative estimate of drug-likeness (QED) is 0.496. The summed E-state index contributed by atoms with van der Waals surface area (Å²) in [5.74, 6) is 0. The molecular weight excluding hydrogens is 384 g/mol. The first-order chi connectivity index (χ1) is 7.20. The van der Waals surface area contributed by atoms with Crippen LogP contribution in [0.1, 0.15) is 19.3 Å². The van der Waals surface area contributed by atoms with E-state index in [2.05, 4.69) is 84.2 Å². The van der Waals surface area contributed by atoms with Crippen LogP contribution in [0, 0.1) is 0 Å². The summed E-state index contributed by atoms with van der Waals surface area (Å²) in [6.07, 6.45) is 16.1. The van der Waals surface area contributed by atoms with Gasteiger partial charge in [0.15, 0.2) is 0 Å². The van der Waals surface area contributed by atoms with Crippen molar-refractivity contribution in [2.24, 2.45) is 0 Å². The Bertz CT molecular complexity index is 256. The number of hydrogen-bond donors (Lipinski definition) is 0. The molecule has 0 aliphatic heterocycles. The van der Waals surface area contributed by atoms with Crippen LogP contribution in [-0.4, -0.2) is 14.5 Å². The third kappa shape index (κ3) is 6.08. The smallest absolute Gasteiger partial charge is 0.0328 e. The van der Waals surface area contributed by atoms with Crippen LogP contribution >= 0.6 is 47.8 Å². The summed E-state index contributed by atoms with van der Waals surface area (Å²) in [6.45, 7) is 0. The molecule has 0 fully saturated rings. The molecule has 0 radical (unpaired) electrons. The molecule has 15 heavy (non-hydrogen) atoms. The number of allylic oxidation sites excluding steroid dienone is 6. The SMILES string of the molecule is BrC1C=CC=CC=CCC(Br)C(Br)CC1. The largest absolute Gasteiger partial charge is 0.0878 e. The molecule has 0 nitrogen and oxygen atoms in total. The molecule has 3 unspecified atom stereocenters. The first kappa shape index (κ1) is 13.7. The van der Waals surface area contributed by atoms with Crippen molar-refractivity contribution in [1.29, 1.82) is 0 Å². The highest BCUT2D eigenvalue weighted by molar-refractivity contribution is 9.12. The van der Waals surface area contributed by atoms with Crippen LogP contribution in [0.2, 0.25) is 0 Å². The fourth-order valence-corrected chi connectivity index (χ4v) is 2.74. The first-order valence-electron chi connectivity index (χ1n) is 5.12. The van der Waals surface area contributed by atoms with Crippen LogP contribution in [0.25, 0.3) is 0 Å². The van der Waals surface area contributed by atoms with Crippen molar-refractivity contribution in [3.8, 4) is 0 Å². The van der Waals surface area contributed by atoms with Crippen LogP contribution in [0.3, 0.4) is 0 Å². The molecule has 0 aromatic rings. The fourth-order valence-electron chi connectivity index (χ4n) is 1.34. The molecule has 0 aromatic heterocycles. The second kappa shape index (κ2) is 7.86. The summed E-state index contributed by atoms with van der Waals surface area (Å²) in [4.78, 5) is 1.54. The Kier molecular flexibility index (Phi) is 7.19. The summed E-state index contributed by atoms with van der Waals surface area (Å²) in [6, 6.07) is 0. The van der Waals surface area contributed by atoms with E-state index in [1.165, 1.54) is 6.42 Å². The number of alkyl halides is 3. The average Bonchev–Trinajstić information content (AvgIpc) is 2.22. The molecule has 3 heteroatoms. The van der Waals surface area contributed by atoms with Crippen molar-refractivity contribution in [1.82, 2.24) is 0 Å². The second-order valence-corrected chi connectivity index (χ2v) is 7.09. The average molecular weight is 399 g/mol. The van der Waals surface area contributed by atoms with Crippen molar-refractivity contribution in [2.45, 2.75) is 33.7 Å². The Morgan fingerprint density at radius 2 is 1.53 bits per heavy atom. The molecule has 0 amide bonds. The molecule has 0 spiro atoms. The van der Waals surface area contributed by atoms with Gasteiger partial charge in [-0.1, -0.05) is 84.2 Å². The summed E-state index contributed by atoms with van der Waals surface area (Å²) in [5.41, 5.74) is 0. The maximum atomic E-state index is 3.73. The molecule has 0 saturated heterocycles. The first-order valence-corrected chi connectivity index (χ1v) is 7.87. The fraction of sp³-hybridized carbons (Fsp3) is 0.500. The van der Waals surface area contributed by atoms with Gasteiger partial charge < -0.3 is 0 Å². The maximum Gasteiger partial charge on any atom is 0.0328 e. The lowest BCUT2D eigenvalue weighted by Gasteiger charge is -2.16. The molecular formula is C12H15Br3. The van der Waals surface area contributed by atoms with Gasteiger partial charge >= 0.3 is 0 Å². The van der Waals surface area contributed by atoms with Gasteiger partial charge in [-0.2, -0.15) is 0 Å². The molecule has 0 saturated carbocycles. The Balaban J connectivity index is 2.61. The molecule has 0 aromatic carbocycles. The van der Waals surface area contributed by atoms with Crippen molar-refractivity contribution >= 4 is 47.8 Å². The normalized spacial score (nSPS) is 33.4. The Hall–Kier alpha value is 0.660. The number of rotatable bonds is 0. The van der Waals surface area contributed by atoms with E-state index in [0.29, 0.717) is 14.5 Å². The van der Waals surface area contributed by atoms with Crippen LogP contribution in [-0.2, 0) is 0 Å². The topological polar surface area (TPSA) is 0 Å². The summed E-state index contributed by atoms with van der Waals surface area (Å²) in [5, 5.41) is 0. The highest BCUT2D eigenvalue weighted by Gasteiger charge is 2.15. The van der Waals surface area contributed by atoms with E-state index in [1.54, 1.807) is 0 Å². The van der Waals surface area contributed by atoms with Crippen molar-refractivity contribution < 1.29 is 0 Å². The second-order valence-electron chi connectivity index (χ2n) is 3.56. The van der Waals surface area contributed by atoms with Gasteiger partial charge in [-0.05, 0) is 19.3 Å². The van der Waals surface area contributed by atoms with E-state index in [4.69, 9.17) is 0 Å². The molecule has 1 aliphatic rings. The predicted molar refractivity (Wildman–Crippen MR) is 79.4 cm³/mol. The molecule has 1 rings (SSSR count). The van der Waals surface area contributed by atoms with Gasteiger partial charge in [-0.3, -0.25) is 0 Å². The van der Waals surface area contributed by atoms with Gasteiger partial charge in [-0.15, -0.1) is 0 Å². The minimum absolute atomic E-state index is 0.477. The van der Waals surface area contributed by atoms with Gasteiger partial charge in [0.1, 0.15) is 0 Å². The molecule has 84 valence electrons. The van der Waals surface area contributed by atoms with E-state index < -0.39 is 0 Å². The third-order valence-electron chi connectivity index (χ3n) is 2.26. The third-order valence-corrected chi connectivity index (χ3v) is 5.84. The lowest BCUT2D eigenvalue weighted by molar-refractivity contribution is 0.702. The van der Waals surface area contributed by atoms with Crippen LogP contribution < -0.4 is 0 Å². The van der Waals surface area contributed by atoms with E-state index in [9.17, 15) is 0 Å². The number of hydrogen-bond acceptors (Lipinski definition) is 0. The standard InChI is InChI=1S/C12H15Br3/c13-10-6-4-2-1-3-5-7-11(14)12(15)9-8-10/h1-6,10-12H,7-9H2. The highest BCUT2D eigenvalue weighted by atomic mass is 79.9. The van der Waals surface area contributed by atoms with Crippen molar-refractivity contribution in [2.75, 3.05) is 0 Å². The van der Waals surface area contributed by atoms with Gasteiger partial charge in [-0.25, -0.2) is 0 Å². The zero-order valence-corrected chi connectivity index (χ0v) is 13.2. The lowest BCUT2D eigenvalue weighted by atomic mass is 10.1. The van der Waals surface area contributed by atoms with Gasteiger partial charge in [0.2, 0.25) is 0 Å². The maximum absolute atomic E-state index is 3.73. The minimum Gasteiger partial charge on any atom is -0.0878 e. The van der Waals surface area contributed by atoms with Crippen molar-refractivity contribution in [3.63, 3.8) is 0 Å². The van der Waals surface area contributed by atoms with E-state index in [1.807, 2.05) is 0 Å². The monoisotopic (exact) mass is 396 g/mol. The number of halogens is 3. The molecule has 0 bridgehead atoms. The molecule has 1 aliphatic carbocycles. The van der Waals surface area contributed by atoms with Crippen LogP contribution in [0.15, 0.2) is 36.5 Å². The Morgan fingerprint density at radius 3 is 2.33 bits per heavy atom. The van der Waals surface area contributed by atoms with Crippen molar-refractivity contribution in [3.05, 3.63) is 36.5 Å². The van der Waals surface area contributed by atoms with E-state index in [-0.39, 0.29) is 0 Å². The Morgan fingerprint density at radius 1 is 0.800 bits per heavy atom. The Labute approximate surface area is 117 Å². The minimum atomic E-state index is 0.477. The van der Waals surface area contributed by atoms with Gasteiger partial charge in [0.05, 0.1) is 0 Å². The van der Waals surface area contributed by atoms with Gasteiger partial charge in [0.25, 0.3) is 0 Å². The van der Waals surface area contributed by atoms with Crippen LogP contribution in [0.5, 0.6) is 0 Å². The summed E-state index contributed by atoms with van der Waals surface area (Å²) < 4.78 is 0. The van der Waals surface area contributed by atoms with E-state index >= 15 is 0 Å². The summed E-state index contributed by atoms with van der Waals surface area (Å²) >= 11 is 11.1. The molecule has 0 heterocycles. The summed E-state index contributed by atoms with van der Waals surface area (Å²) in [7, 11) is 0. The van der Waals surface area contributed by atoms with Crippen LogP contribution in [0.4, 0.5) is 0 Å². The predicted octanol–water partition coefficient (Wildman–Crippen LogP) is 5.13. The molecule has 0 N–H and O–H groups in total. The molecule has 3 atom stereocenters. The van der Waals surface area contributed by atoms with Gasteiger partial charge in [0, 0.05) is 14.5 Å². The highest BCUT2D eigenvalue weighted by Crippen LogP contribution is 2.25. The zero-order chi connectivity index (χ0) is 11.1. The van der Waals surface area contributed by atoms with E-state index in [0.717, 1.165) is 12.8 Å².